The first-order valence-corrected chi connectivity index (χ1v) is 8.42. The number of aromatic nitrogens is 1. The zero-order chi connectivity index (χ0) is 16.5. The van der Waals surface area contributed by atoms with E-state index in [0.717, 1.165) is 31.6 Å². The van der Waals surface area contributed by atoms with Gasteiger partial charge in [0.05, 0.1) is 0 Å². The van der Waals surface area contributed by atoms with Crippen LogP contribution in [0.2, 0.25) is 0 Å². The van der Waals surface area contributed by atoms with E-state index < -0.39 is 0 Å². The van der Waals surface area contributed by atoms with Gasteiger partial charge in [-0.3, -0.25) is 4.90 Å². The average molecular weight is 318 g/mol. The maximum Gasteiger partial charge on any atom is 0.0457 e. The predicted octanol–water partition coefficient (Wildman–Crippen LogP) is 3.74. The topological polar surface area (TPSA) is 68.9 Å². The van der Waals surface area contributed by atoms with Crippen LogP contribution in [0.4, 0.5) is 5.69 Å². The lowest BCUT2D eigenvalue weighted by molar-refractivity contribution is 0.328. The minimum atomic E-state index is 0.525. The molecule has 0 radical (unpaired) electrons. The van der Waals surface area contributed by atoms with Crippen LogP contribution in [0.3, 0.4) is 0 Å². The van der Waals surface area contributed by atoms with Gasteiger partial charge in [-0.15, -0.1) is 0 Å². The lowest BCUT2D eigenvalue weighted by Crippen LogP contribution is -2.19. The van der Waals surface area contributed by atoms with E-state index in [2.05, 4.69) is 46.4 Å². The summed E-state index contributed by atoms with van der Waals surface area (Å²) in [4.78, 5) is 5.88. The highest BCUT2D eigenvalue weighted by atomic mass is 15.1. The number of fused-ring (bicyclic) bond motifs is 1. The Morgan fingerprint density at radius 1 is 1.25 bits per heavy atom. The summed E-state index contributed by atoms with van der Waals surface area (Å²) in [7, 11) is 0. The van der Waals surface area contributed by atoms with Gasteiger partial charge in [0.25, 0.3) is 0 Å². The molecule has 0 aliphatic carbocycles. The van der Waals surface area contributed by atoms with Gasteiger partial charge >= 0.3 is 0 Å². The maximum atomic E-state index is 7.36. The number of hydrogen-bond acceptors (Lipinski definition) is 3. The van der Waals surface area contributed by atoms with Crippen LogP contribution in [0.25, 0.3) is 10.9 Å². The molecule has 3 aromatic rings. The number of H-pyrrole nitrogens is 1. The molecule has 2 heterocycles. The molecule has 0 bridgehead atoms. The van der Waals surface area contributed by atoms with Gasteiger partial charge in [-0.2, -0.15) is 0 Å². The smallest absolute Gasteiger partial charge is 0.0457 e. The third-order valence-corrected chi connectivity index (χ3v) is 5.08. The number of aromatic amines is 1. The highest BCUT2D eigenvalue weighted by Gasteiger charge is 2.24. The second-order valence-electron chi connectivity index (χ2n) is 6.61. The zero-order valence-corrected chi connectivity index (χ0v) is 13.6. The Morgan fingerprint density at radius 2 is 2.12 bits per heavy atom. The van der Waals surface area contributed by atoms with Crippen molar-refractivity contribution in [3.63, 3.8) is 0 Å². The summed E-state index contributed by atoms with van der Waals surface area (Å²) in [6.45, 7) is 3.15. The Balaban J connectivity index is 1.48. The fourth-order valence-electron chi connectivity index (χ4n) is 3.73. The number of likely N-dealkylation sites (tertiary alicyclic amines) is 1. The Morgan fingerprint density at radius 3 is 2.96 bits per heavy atom. The molecular formula is C20H22N4. The molecule has 0 amide bonds. The summed E-state index contributed by atoms with van der Waals surface area (Å²) in [5, 5.41) is 8.68. The van der Waals surface area contributed by atoms with Gasteiger partial charge in [0.2, 0.25) is 0 Å². The number of para-hydroxylation sites is 1. The SMILES string of the molecule is N=Cc1ccc(C2CCN(Cc3c[nH]c4ccccc34)C2)cc1N. The van der Waals surface area contributed by atoms with Gasteiger partial charge in [0.1, 0.15) is 0 Å². The van der Waals surface area contributed by atoms with Gasteiger partial charge in [-0.1, -0.05) is 30.3 Å². The van der Waals surface area contributed by atoms with Crippen molar-refractivity contribution in [3.8, 4) is 0 Å². The van der Waals surface area contributed by atoms with Crippen molar-refractivity contribution in [2.45, 2.75) is 18.9 Å². The first-order valence-electron chi connectivity index (χ1n) is 8.42. The fraction of sp³-hybridized carbons (Fsp3) is 0.250. The Bertz CT molecular complexity index is 880. The number of hydrogen-bond donors (Lipinski definition) is 3. The molecule has 1 fully saturated rings. The minimum Gasteiger partial charge on any atom is -0.398 e. The molecule has 1 atom stereocenters. The summed E-state index contributed by atoms with van der Waals surface area (Å²) >= 11 is 0. The molecule has 122 valence electrons. The van der Waals surface area contributed by atoms with E-state index in [0.29, 0.717) is 11.6 Å². The lowest BCUT2D eigenvalue weighted by Gasteiger charge is -2.16. The Labute approximate surface area is 141 Å². The molecule has 1 unspecified atom stereocenters. The van der Waals surface area contributed by atoms with Crippen molar-refractivity contribution >= 4 is 22.8 Å². The zero-order valence-electron chi connectivity index (χ0n) is 13.6. The van der Waals surface area contributed by atoms with Crippen molar-refractivity contribution in [1.29, 1.82) is 5.41 Å². The lowest BCUT2D eigenvalue weighted by atomic mass is 9.96. The molecule has 0 saturated carbocycles. The standard InChI is InChI=1S/C20H22N4/c21-10-15-6-5-14(9-19(15)22)16-7-8-24(12-16)13-17-11-23-20-4-2-1-3-18(17)20/h1-6,9-11,16,21,23H,7-8,12-13,22H2. The second kappa shape index (κ2) is 6.13. The summed E-state index contributed by atoms with van der Waals surface area (Å²) < 4.78 is 0. The van der Waals surface area contributed by atoms with Crippen LogP contribution in [0, 0.1) is 5.41 Å². The molecule has 1 aliphatic heterocycles. The van der Waals surface area contributed by atoms with E-state index in [1.165, 1.54) is 28.2 Å². The van der Waals surface area contributed by atoms with Gasteiger partial charge in [-0.25, -0.2) is 0 Å². The van der Waals surface area contributed by atoms with Crippen LogP contribution in [0.15, 0.2) is 48.7 Å². The number of nitrogens with one attached hydrogen (secondary N) is 2. The molecule has 2 aromatic carbocycles. The van der Waals surface area contributed by atoms with Gasteiger partial charge in [0, 0.05) is 47.7 Å². The number of nitrogen functional groups attached to an aromatic ring is 1. The van der Waals surface area contributed by atoms with E-state index in [1.807, 2.05) is 12.1 Å². The van der Waals surface area contributed by atoms with Crippen LogP contribution < -0.4 is 5.73 Å². The van der Waals surface area contributed by atoms with Gasteiger partial charge < -0.3 is 16.1 Å². The predicted molar refractivity (Wildman–Crippen MR) is 99.7 cm³/mol. The monoisotopic (exact) mass is 318 g/mol. The normalized spacial score (nSPS) is 18.2. The van der Waals surface area contributed by atoms with Crippen molar-refractivity contribution in [1.82, 2.24) is 9.88 Å². The van der Waals surface area contributed by atoms with Crippen LogP contribution in [-0.4, -0.2) is 29.2 Å². The van der Waals surface area contributed by atoms with Crippen molar-refractivity contribution < 1.29 is 0 Å². The first kappa shape index (κ1) is 15.0. The van der Waals surface area contributed by atoms with Crippen LogP contribution >= 0.6 is 0 Å². The average Bonchev–Trinajstić information content (AvgIpc) is 3.23. The second-order valence-corrected chi connectivity index (χ2v) is 6.61. The van der Waals surface area contributed by atoms with Gasteiger partial charge in [-0.05, 0) is 42.1 Å². The fourth-order valence-corrected chi connectivity index (χ4v) is 3.73. The first-order chi connectivity index (χ1) is 11.7. The summed E-state index contributed by atoms with van der Waals surface area (Å²) in [6, 6.07) is 14.6. The van der Waals surface area contributed by atoms with E-state index in [-0.39, 0.29) is 0 Å². The summed E-state index contributed by atoms with van der Waals surface area (Å²) in [5.41, 5.74) is 11.4. The number of nitrogens with zero attached hydrogens (tertiary/aromatic N) is 1. The van der Waals surface area contributed by atoms with Crippen molar-refractivity contribution in [2.75, 3.05) is 18.8 Å². The van der Waals surface area contributed by atoms with Crippen molar-refractivity contribution in [2.24, 2.45) is 0 Å². The van der Waals surface area contributed by atoms with E-state index in [1.54, 1.807) is 0 Å². The Hall–Kier alpha value is -2.59. The molecule has 4 heteroatoms. The molecule has 1 aliphatic rings. The number of nitrogens with two attached hydrogens (primary N) is 1. The molecule has 4 rings (SSSR count). The Kier molecular flexibility index (Phi) is 3.82. The highest BCUT2D eigenvalue weighted by Crippen LogP contribution is 2.31. The maximum absolute atomic E-state index is 7.36. The molecule has 0 spiro atoms. The van der Waals surface area contributed by atoms with E-state index in [9.17, 15) is 0 Å². The van der Waals surface area contributed by atoms with Crippen LogP contribution in [0.1, 0.15) is 29.0 Å². The largest absolute Gasteiger partial charge is 0.398 e. The van der Waals surface area contributed by atoms with Crippen LogP contribution in [0.5, 0.6) is 0 Å². The third kappa shape index (κ3) is 2.69. The van der Waals surface area contributed by atoms with Crippen molar-refractivity contribution in [3.05, 3.63) is 65.4 Å². The highest BCUT2D eigenvalue weighted by molar-refractivity contribution is 5.85. The molecule has 1 saturated heterocycles. The molecule has 24 heavy (non-hydrogen) atoms. The summed E-state index contributed by atoms with van der Waals surface area (Å²) in [5.74, 6) is 0.525. The molecule has 1 aromatic heterocycles. The van der Waals surface area contributed by atoms with Gasteiger partial charge in [0.15, 0.2) is 0 Å². The van der Waals surface area contributed by atoms with E-state index >= 15 is 0 Å². The number of benzene rings is 2. The third-order valence-electron chi connectivity index (χ3n) is 5.08. The molecule has 4 N–H and O–H groups in total. The van der Waals surface area contributed by atoms with E-state index in [4.69, 9.17) is 11.1 Å². The van der Waals surface area contributed by atoms with Crippen LogP contribution in [-0.2, 0) is 6.54 Å². The summed E-state index contributed by atoms with van der Waals surface area (Å²) in [6.07, 6.45) is 4.61. The quantitative estimate of drug-likeness (QED) is 0.507. The molecular weight excluding hydrogens is 296 g/mol. The number of rotatable bonds is 4. The molecule has 4 nitrogen and oxygen atoms in total. The minimum absolute atomic E-state index is 0.525. The number of anilines is 1.